The van der Waals surface area contributed by atoms with Gasteiger partial charge in [0.05, 0.1) is 0 Å². The van der Waals surface area contributed by atoms with Crippen LogP contribution < -0.4 is 10.5 Å². The molecule has 1 aromatic rings. The van der Waals surface area contributed by atoms with Gasteiger partial charge in [-0.3, -0.25) is 0 Å². The van der Waals surface area contributed by atoms with Crippen LogP contribution in [-0.4, -0.2) is 20.9 Å². The first-order chi connectivity index (χ1) is 10.7. The topological polar surface area (TPSA) is 35.2 Å². The van der Waals surface area contributed by atoms with Crippen LogP contribution in [0.3, 0.4) is 0 Å². The predicted octanol–water partition coefficient (Wildman–Crippen LogP) is 3.55. The number of ether oxygens (including phenoxy) is 1. The second kappa shape index (κ2) is 6.66. The van der Waals surface area contributed by atoms with Crippen LogP contribution in [0, 0.1) is 11.8 Å². The number of hydrogen-bond donors (Lipinski definition) is 1. The fourth-order valence-corrected chi connectivity index (χ4v) is 5.23. The van der Waals surface area contributed by atoms with Crippen molar-refractivity contribution in [3.63, 3.8) is 0 Å². The van der Waals surface area contributed by atoms with Crippen LogP contribution in [0.2, 0.25) is 0 Å². The molecule has 0 spiro atoms. The normalized spacial score (nSPS) is 30.5. The average molecular weight is 297 g/mol. The molecule has 1 saturated carbocycles. The predicted molar refractivity (Wildman–Crippen MR) is 92.5 cm³/mol. The summed E-state index contributed by atoms with van der Waals surface area (Å²) in [6.07, 6.45) is 8.94. The highest BCUT2D eigenvalue weighted by molar-refractivity contribution is 6.08. The Kier molecular flexibility index (Phi) is 4.82. The van der Waals surface area contributed by atoms with Gasteiger partial charge in [-0.05, 0) is 67.3 Å². The third-order valence-electron chi connectivity index (χ3n) is 6.13. The Balaban J connectivity index is 2.09. The third-order valence-corrected chi connectivity index (χ3v) is 6.13. The molecule has 0 amide bonds. The molecule has 2 radical (unpaired) electrons. The summed E-state index contributed by atoms with van der Waals surface area (Å²) >= 11 is 0. The molecule has 118 valence electrons. The molecule has 2 aliphatic rings. The fraction of sp³-hybridized carbons (Fsp3) is 0.684. The quantitative estimate of drug-likeness (QED) is 0.844. The second-order valence-electron chi connectivity index (χ2n) is 7.05. The van der Waals surface area contributed by atoms with Crippen molar-refractivity contribution in [2.24, 2.45) is 17.6 Å². The van der Waals surface area contributed by atoms with E-state index in [1.807, 2.05) is 0 Å². The number of benzene rings is 1. The summed E-state index contributed by atoms with van der Waals surface area (Å²) in [5.74, 6) is 2.51. The third kappa shape index (κ3) is 2.58. The molecule has 0 saturated heterocycles. The van der Waals surface area contributed by atoms with Gasteiger partial charge in [0.25, 0.3) is 0 Å². The zero-order chi connectivity index (χ0) is 15.6. The minimum Gasteiger partial charge on any atom is -0.504 e. The first-order valence-electron chi connectivity index (χ1n) is 8.91. The van der Waals surface area contributed by atoms with E-state index in [0.29, 0.717) is 0 Å². The van der Waals surface area contributed by atoms with Crippen molar-refractivity contribution in [2.45, 2.75) is 57.3 Å². The van der Waals surface area contributed by atoms with Gasteiger partial charge in [0, 0.05) is 11.9 Å². The van der Waals surface area contributed by atoms with Crippen molar-refractivity contribution in [1.29, 1.82) is 0 Å². The summed E-state index contributed by atoms with van der Waals surface area (Å²) in [6.45, 7) is 3.36. The molecule has 0 aliphatic heterocycles. The van der Waals surface area contributed by atoms with Gasteiger partial charge in [0.1, 0.15) is 13.6 Å². The molecule has 2 N–H and O–H groups in total. The zero-order valence-electron chi connectivity index (χ0n) is 13.8. The Morgan fingerprint density at radius 1 is 1.36 bits per heavy atom. The van der Waals surface area contributed by atoms with Gasteiger partial charge in [-0.25, -0.2) is 0 Å². The van der Waals surface area contributed by atoms with Crippen molar-refractivity contribution in [2.75, 3.05) is 13.1 Å². The van der Waals surface area contributed by atoms with Crippen molar-refractivity contribution in [3.05, 3.63) is 29.3 Å². The molecule has 0 bridgehead atoms. The molecule has 0 heterocycles. The Bertz CT molecular complexity index is 514. The van der Waals surface area contributed by atoms with E-state index in [1.54, 1.807) is 0 Å². The minimum absolute atomic E-state index is 0.240. The van der Waals surface area contributed by atoms with E-state index in [-0.39, 0.29) is 11.9 Å². The number of fused-ring (bicyclic) bond motifs is 3. The number of rotatable bonds is 5. The molecule has 0 aromatic heterocycles. The Hall–Kier alpha value is -0.955. The van der Waals surface area contributed by atoms with E-state index < -0.39 is 0 Å². The van der Waals surface area contributed by atoms with E-state index in [0.717, 1.165) is 30.6 Å². The molecule has 3 heteroatoms. The zero-order valence-corrected chi connectivity index (χ0v) is 13.8. The fourth-order valence-electron chi connectivity index (χ4n) is 5.23. The Morgan fingerprint density at radius 3 is 2.95 bits per heavy atom. The van der Waals surface area contributed by atoms with Gasteiger partial charge in [0.15, 0.2) is 0 Å². The van der Waals surface area contributed by atoms with Crippen LogP contribution in [-0.2, 0) is 11.8 Å². The van der Waals surface area contributed by atoms with Crippen molar-refractivity contribution >= 4 is 7.85 Å². The van der Waals surface area contributed by atoms with Crippen LogP contribution >= 0.6 is 0 Å². The van der Waals surface area contributed by atoms with Crippen LogP contribution in [0.15, 0.2) is 18.2 Å². The summed E-state index contributed by atoms with van der Waals surface area (Å²) in [5, 5.41) is 0. The summed E-state index contributed by atoms with van der Waals surface area (Å²) in [4.78, 5) is 0. The van der Waals surface area contributed by atoms with E-state index in [2.05, 4.69) is 25.1 Å². The van der Waals surface area contributed by atoms with E-state index in [9.17, 15) is 0 Å². The monoisotopic (exact) mass is 297 g/mol. The average Bonchev–Trinajstić information content (AvgIpc) is 2.55. The highest BCUT2D eigenvalue weighted by atomic mass is 16.5. The standard InChI is InChI=1S/C19H28BNO/c1-2-14-11-15-6-7-16(22-13-20)12-18(15)19(9-10-21)8-4-3-5-17(14)19/h6-7,12,14,17H,2-5,8-11,13,21H2,1H3/t14-,17?,19-/m0/s1. The first kappa shape index (κ1) is 15.9. The molecule has 2 nitrogen and oxygen atoms in total. The van der Waals surface area contributed by atoms with Gasteiger partial charge in [-0.1, -0.05) is 32.3 Å². The molecule has 3 atom stereocenters. The van der Waals surface area contributed by atoms with Gasteiger partial charge in [-0.15, -0.1) is 0 Å². The second-order valence-corrected chi connectivity index (χ2v) is 7.05. The number of hydrogen-bond acceptors (Lipinski definition) is 2. The van der Waals surface area contributed by atoms with Crippen molar-refractivity contribution < 1.29 is 4.74 Å². The maximum absolute atomic E-state index is 6.05. The van der Waals surface area contributed by atoms with Crippen LogP contribution in [0.4, 0.5) is 0 Å². The van der Waals surface area contributed by atoms with Crippen molar-refractivity contribution in [1.82, 2.24) is 0 Å². The molecule has 3 rings (SSSR count). The molecular formula is C19H28BNO. The first-order valence-corrected chi connectivity index (χ1v) is 8.91. The summed E-state index contributed by atoms with van der Waals surface area (Å²) in [5.41, 5.74) is 9.35. The lowest BCUT2D eigenvalue weighted by atomic mass is 9.52. The molecule has 1 aromatic carbocycles. The number of nitrogens with two attached hydrogens (primary N) is 1. The van der Waals surface area contributed by atoms with Crippen LogP contribution in [0.25, 0.3) is 0 Å². The van der Waals surface area contributed by atoms with Crippen LogP contribution in [0.5, 0.6) is 5.75 Å². The molecular weight excluding hydrogens is 269 g/mol. The van der Waals surface area contributed by atoms with Crippen LogP contribution in [0.1, 0.15) is 56.6 Å². The summed E-state index contributed by atoms with van der Waals surface area (Å²) in [7, 11) is 5.56. The van der Waals surface area contributed by atoms with Gasteiger partial charge < -0.3 is 10.5 Å². The lowest BCUT2D eigenvalue weighted by Crippen LogP contribution is -2.47. The lowest BCUT2D eigenvalue weighted by molar-refractivity contribution is 0.0931. The van der Waals surface area contributed by atoms with Crippen molar-refractivity contribution in [3.8, 4) is 5.75 Å². The SMILES string of the molecule is [B]COc1ccc2c(c1)[C@]1(CCN)CCCCC1[C@@H](CC)C2. The largest absolute Gasteiger partial charge is 0.504 e. The summed E-state index contributed by atoms with van der Waals surface area (Å²) < 4.78 is 5.57. The van der Waals surface area contributed by atoms with Gasteiger partial charge in [0.2, 0.25) is 0 Å². The highest BCUT2D eigenvalue weighted by Gasteiger charge is 2.48. The van der Waals surface area contributed by atoms with E-state index in [1.165, 1.54) is 49.7 Å². The molecule has 1 fully saturated rings. The highest BCUT2D eigenvalue weighted by Crippen LogP contribution is 2.55. The maximum atomic E-state index is 6.05. The smallest absolute Gasteiger partial charge is 0.122 e. The minimum atomic E-state index is 0.240. The molecule has 22 heavy (non-hydrogen) atoms. The summed E-state index contributed by atoms with van der Waals surface area (Å²) in [6, 6.07) is 6.62. The Morgan fingerprint density at radius 2 is 2.23 bits per heavy atom. The Labute approximate surface area is 136 Å². The lowest BCUT2D eigenvalue weighted by Gasteiger charge is -2.52. The van der Waals surface area contributed by atoms with E-state index >= 15 is 0 Å². The molecule has 1 unspecified atom stereocenters. The molecule has 2 aliphatic carbocycles. The van der Waals surface area contributed by atoms with Gasteiger partial charge in [-0.2, -0.15) is 0 Å². The maximum Gasteiger partial charge on any atom is 0.122 e. The van der Waals surface area contributed by atoms with Gasteiger partial charge >= 0.3 is 0 Å². The van der Waals surface area contributed by atoms with E-state index in [4.69, 9.17) is 18.3 Å².